The summed E-state index contributed by atoms with van der Waals surface area (Å²) in [7, 11) is 0. The molecule has 0 heterocycles. The van der Waals surface area contributed by atoms with Crippen molar-refractivity contribution in [2.75, 3.05) is 45.9 Å². The van der Waals surface area contributed by atoms with Crippen LogP contribution in [-0.4, -0.2) is 69.1 Å². The first kappa shape index (κ1) is 39.1. The molecule has 0 rings (SSSR count). The van der Waals surface area contributed by atoms with Crippen molar-refractivity contribution < 1.29 is 29.0 Å². The van der Waals surface area contributed by atoms with E-state index < -0.39 is 5.97 Å². The number of nitrogens with one attached hydrogen (secondary N) is 3. The van der Waals surface area contributed by atoms with Crippen LogP contribution in [0.1, 0.15) is 142 Å². The topological polar surface area (TPSA) is 126 Å². The number of hydrogen-bond acceptors (Lipinski definition) is 7. The van der Waals surface area contributed by atoms with Crippen molar-refractivity contribution in [3.05, 3.63) is 0 Å². The van der Waals surface area contributed by atoms with Gasteiger partial charge in [-0.3, -0.25) is 9.59 Å². The third-order valence-electron chi connectivity index (χ3n) is 7.06. The Morgan fingerprint density at radius 3 is 1.59 bits per heavy atom. The lowest BCUT2D eigenvalue weighted by Crippen LogP contribution is -2.35. The van der Waals surface area contributed by atoms with Gasteiger partial charge < -0.3 is 30.5 Å². The molecule has 9 heteroatoms. The van der Waals surface area contributed by atoms with Crippen molar-refractivity contribution in [3.63, 3.8) is 0 Å². The summed E-state index contributed by atoms with van der Waals surface area (Å²) in [6, 6.07) is 0. The first-order valence-electron chi connectivity index (χ1n) is 16.8. The van der Waals surface area contributed by atoms with Crippen LogP contribution in [0, 0.1) is 0 Å². The Hall–Kier alpha value is -1.87. The van der Waals surface area contributed by atoms with Crippen molar-refractivity contribution in [3.8, 4) is 0 Å². The van der Waals surface area contributed by atoms with E-state index in [1.54, 1.807) is 0 Å². The molecule has 242 valence electrons. The number of alkyl carbamates (subject to hydrolysis) is 1. The van der Waals surface area contributed by atoms with E-state index in [2.05, 4.69) is 22.9 Å². The molecular weight excluding hydrogens is 522 g/mol. The largest absolute Gasteiger partial charge is 0.481 e. The summed E-state index contributed by atoms with van der Waals surface area (Å²) < 4.78 is 10.6. The van der Waals surface area contributed by atoms with Gasteiger partial charge in [-0.15, -0.1) is 0 Å². The van der Waals surface area contributed by atoms with Gasteiger partial charge in [0, 0.05) is 39.0 Å². The highest BCUT2D eigenvalue weighted by Gasteiger charge is 2.03. The third kappa shape index (κ3) is 34.2. The summed E-state index contributed by atoms with van der Waals surface area (Å²) in [5.41, 5.74) is 0. The molecule has 0 bridgehead atoms. The quantitative estimate of drug-likeness (QED) is 0.0506. The smallest absolute Gasteiger partial charge is 0.407 e. The Morgan fingerprint density at radius 2 is 0.976 bits per heavy atom. The lowest BCUT2D eigenvalue weighted by atomic mass is 10.1. The summed E-state index contributed by atoms with van der Waals surface area (Å²) in [5, 5.41) is 18.0. The van der Waals surface area contributed by atoms with Crippen molar-refractivity contribution >= 4 is 18.0 Å². The average molecular weight is 586 g/mol. The van der Waals surface area contributed by atoms with E-state index in [0.29, 0.717) is 32.7 Å². The molecule has 41 heavy (non-hydrogen) atoms. The summed E-state index contributed by atoms with van der Waals surface area (Å²) >= 11 is 0. The second kappa shape index (κ2) is 32.6. The van der Waals surface area contributed by atoms with Crippen molar-refractivity contribution in [1.82, 2.24) is 16.0 Å². The standard InChI is InChI=1S/C32H63N3O6/c1-2-3-4-5-8-14-19-28-40-31(38)22-17-12-7-6-9-15-20-29-41-32(39)35-27-26-34-25-24-33-23-18-13-10-11-16-21-30(36)37/h33-34H,2-29H2,1H3,(H,35,39)(H,36,37). The molecule has 0 aromatic heterocycles. The number of aliphatic carboxylic acids is 1. The molecule has 0 aliphatic heterocycles. The van der Waals surface area contributed by atoms with E-state index >= 15 is 0 Å². The minimum atomic E-state index is -0.707. The normalized spacial score (nSPS) is 11.0. The van der Waals surface area contributed by atoms with Crippen molar-refractivity contribution in [2.24, 2.45) is 0 Å². The SMILES string of the molecule is CCCCCCCCCOC(=O)CCCCCCCCCOC(=O)NCCNCCNCCCCCCCC(=O)O. The van der Waals surface area contributed by atoms with Crippen LogP contribution in [0.2, 0.25) is 0 Å². The molecule has 0 spiro atoms. The minimum Gasteiger partial charge on any atom is -0.481 e. The van der Waals surface area contributed by atoms with Gasteiger partial charge in [-0.25, -0.2) is 4.79 Å². The Kier molecular flexibility index (Phi) is 31.2. The molecule has 0 aromatic rings. The molecule has 0 atom stereocenters. The predicted molar refractivity (Wildman–Crippen MR) is 166 cm³/mol. The first-order chi connectivity index (χ1) is 20.1. The first-order valence-corrected chi connectivity index (χ1v) is 16.8. The zero-order chi connectivity index (χ0) is 30.1. The van der Waals surface area contributed by atoms with Gasteiger partial charge in [0.05, 0.1) is 13.2 Å². The molecule has 1 amide bonds. The molecule has 0 aliphatic carbocycles. The summed E-state index contributed by atoms with van der Waals surface area (Å²) in [4.78, 5) is 34.0. The monoisotopic (exact) mass is 585 g/mol. The number of esters is 1. The number of carbonyl (C=O) groups is 3. The Labute approximate surface area is 250 Å². The van der Waals surface area contributed by atoms with E-state index in [0.717, 1.165) is 110 Å². The van der Waals surface area contributed by atoms with Gasteiger partial charge in [0.2, 0.25) is 0 Å². The Balaban J connectivity index is 3.24. The number of carbonyl (C=O) groups excluding carboxylic acids is 2. The highest BCUT2D eigenvalue weighted by atomic mass is 16.5. The van der Waals surface area contributed by atoms with Crippen LogP contribution in [-0.2, 0) is 19.1 Å². The summed E-state index contributed by atoms with van der Waals surface area (Å²) in [5.74, 6) is -0.757. The summed E-state index contributed by atoms with van der Waals surface area (Å²) in [6.45, 7) is 7.21. The number of carboxylic acids is 1. The van der Waals surface area contributed by atoms with Crippen LogP contribution in [0.15, 0.2) is 0 Å². The zero-order valence-electron chi connectivity index (χ0n) is 26.3. The fourth-order valence-corrected chi connectivity index (χ4v) is 4.52. The number of ether oxygens (including phenoxy) is 2. The second-order valence-electron chi connectivity index (χ2n) is 11.0. The second-order valence-corrected chi connectivity index (χ2v) is 11.0. The maximum atomic E-state index is 11.8. The van der Waals surface area contributed by atoms with Crippen LogP contribution >= 0.6 is 0 Å². The predicted octanol–water partition coefficient (Wildman–Crippen LogP) is 6.73. The molecule has 0 aliphatic rings. The van der Waals surface area contributed by atoms with Crippen molar-refractivity contribution in [2.45, 2.75) is 142 Å². The van der Waals surface area contributed by atoms with E-state index in [4.69, 9.17) is 14.6 Å². The molecule has 9 nitrogen and oxygen atoms in total. The molecule has 0 fully saturated rings. The number of carboxylic acid groups (broad SMARTS) is 1. The number of unbranched alkanes of at least 4 members (excludes halogenated alkanes) is 16. The van der Waals surface area contributed by atoms with Gasteiger partial charge in [0.25, 0.3) is 0 Å². The van der Waals surface area contributed by atoms with Crippen LogP contribution in [0.5, 0.6) is 0 Å². The lowest BCUT2D eigenvalue weighted by molar-refractivity contribution is -0.144. The van der Waals surface area contributed by atoms with Gasteiger partial charge in [-0.1, -0.05) is 96.8 Å². The van der Waals surface area contributed by atoms with E-state index in [9.17, 15) is 14.4 Å². The van der Waals surface area contributed by atoms with Crippen LogP contribution in [0.4, 0.5) is 4.79 Å². The average Bonchev–Trinajstić information content (AvgIpc) is 2.95. The van der Waals surface area contributed by atoms with E-state index in [1.165, 1.54) is 32.1 Å². The van der Waals surface area contributed by atoms with E-state index in [-0.39, 0.29) is 18.5 Å². The molecule has 0 saturated carbocycles. The summed E-state index contributed by atoms with van der Waals surface area (Å²) in [6.07, 6.45) is 21.5. The fraction of sp³-hybridized carbons (Fsp3) is 0.906. The molecule has 0 radical (unpaired) electrons. The van der Waals surface area contributed by atoms with Crippen molar-refractivity contribution in [1.29, 1.82) is 0 Å². The molecular formula is C32H63N3O6. The van der Waals surface area contributed by atoms with Crippen LogP contribution in [0.3, 0.4) is 0 Å². The zero-order valence-corrected chi connectivity index (χ0v) is 26.3. The molecule has 0 aromatic carbocycles. The van der Waals surface area contributed by atoms with Gasteiger partial charge >= 0.3 is 18.0 Å². The van der Waals surface area contributed by atoms with Gasteiger partial charge in [-0.05, 0) is 38.6 Å². The highest BCUT2D eigenvalue weighted by Crippen LogP contribution is 2.10. The number of rotatable bonds is 32. The fourth-order valence-electron chi connectivity index (χ4n) is 4.52. The highest BCUT2D eigenvalue weighted by molar-refractivity contribution is 5.69. The molecule has 4 N–H and O–H groups in total. The van der Waals surface area contributed by atoms with E-state index in [1.807, 2.05) is 0 Å². The molecule has 0 saturated heterocycles. The lowest BCUT2D eigenvalue weighted by Gasteiger charge is -2.09. The Morgan fingerprint density at radius 1 is 0.512 bits per heavy atom. The maximum absolute atomic E-state index is 11.8. The van der Waals surface area contributed by atoms with Crippen LogP contribution in [0.25, 0.3) is 0 Å². The third-order valence-corrected chi connectivity index (χ3v) is 7.06. The maximum Gasteiger partial charge on any atom is 0.407 e. The van der Waals surface area contributed by atoms with Crippen LogP contribution < -0.4 is 16.0 Å². The Bertz CT molecular complexity index is 606. The van der Waals surface area contributed by atoms with Gasteiger partial charge in [0.1, 0.15) is 0 Å². The number of hydrogen-bond donors (Lipinski definition) is 4. The van der Waals surface area contributed by atoms with Gasteiger partial charge in [-0.2, -0.15) is 0 Å². The minimum absolute atomic E-state index is 0.0508. The molecule has 0 unspecified atom stereocenters. The van der Waals surface area contributed by atoms with Gasteiger partial charge in [0.15, 0.2) is 0 Å². The number of amides is 1.